The molecular formula is C13H15F2NO2. The number of hydrogen-bond donors (Lipinski definition) is 2. The Kier molecular flexibility index (Phi) is 3.91. The molecule has 0 aromatic heterocycles. The van der Waals surface area contributed by atoms with E-state index in [1.807, 2.05) is 0 Å². The Bertz CT molecular complexity index is 451. The first kappa shape index (κ1) is 13.0. The number of benzene rings is 1. The van der Waals surface area contributed by atoms with Crippen LogP contribution in [0.15, 0.2) is 18.2 Å². The van der Waals surface area contributed by atoms with Crippen LogP contribution in [0.2, 0.25) is 0 Å². The van der Waals surface area contributed by atoms with Gasteiger partial charge in [-0.2, -0.15) is 0 Å². The van der Waals surface area contributed by atoms with Crippen molar-refractivity contribution < 1.29 is 18.7 Å². The minimum absolute atomic E-state index is 0.326. The van der Waals surface area contributed by atoms with Crippen molar-refractivity contribution in [2.75, 3.05) is 0 Å². The number of aliphatic hydroxyl groups excluding tert-OH is 1. The third-order valence-corrected chi connectivity index (χ3v) is 3.22. The van der Waals surface area contributed by atoms with Gasteiger partial charge in [0.05, 0.1) is 17.7 Å². The largest absolute Gasteiger partial charge is 0.391 e. The maximum atomic E-state index is 13.4. The van der Waals surface area contributed by atoms with E-state index in [1.165, 1.54) is 0 Å². The molecule has 3 nitrogen and oxygen atoms in total. The Hall–Kier alpha value is -1.49. The van der Waals surface area contributed by atoms with Crippen LogP contribution < -0.4 is 5.32 Å². The molecule has 18 heavy (non-hydrogen) atoms. The fraction of sp³-hybridized carbons (Fsp3) is 0.462. The molecular weight excluding hydrogens is 240 g/mol. The number of carbonyl (C=O) groups is 1. The Labute approximate surface area is 104 Å². The van der Waals surface area contributed by atoms with Crippen LogP contribution in [0.25, 0.3) is 0 Å². The van der Waals surface area contributed by atoms with E-state index in [0.717, 1.165) is 31.0 Å². The maximum absolute atomic E-state index is 13.4. The standard InChI is InChI=1S/C13H15F2NO2/c14-8-5-6-10(15)9(7-8)13(18)16-11-3-1-2-4-12(11)17/h5-7,11-12,17H,1-4H2,(H,16,18). The summed E-state index contributed by atoms with van der Waals surface area (Å²) in [6.45, 7) is 0. The molecule has 0 spiro atoms. The van der Waals surface area contributed by atoms with Gasteiger partial charge in [-0.15, -0.1) is 0 Å². The summed E-state index contributed by atoms with van der Waals surface area (Å²) in [5.74, 6) is -2.11. The number of hydrogen-bond acceptors (Lipinski definition) is 2. The van der Waals surface area contributed by atoms with Crippen LogP contribution in [0.3, 0.4) is 0 Å². The predicted octanol–water partition coefficient (Wildman–Crippen LogP) is 2.00. The van der Waals surface area contributed by atoms with Gasteiger partial charge in [0.15, 0.2) is 0 Å². The van der Waals surface area contributed by atoms with Gasteiger partial charge >= 0.3 is 0 Å². The van der Waals surface area contributed by atoms with Crippen LogP contribution in [0, 0.1) is 11.6 Å². The van der Waals surface area contributed by atoms with Crippen LogP contribution in [0.5, 0.6) is 0 Å². The van der Waals surface area contributed by atoms with Crippen LogP contribution in [-0.4, -0.2) is 23.2 Å². The van der Waals surface area contributed by atoms with Gasteiger partial charge in [-0.3, -0.25) is 4.79 Å². The minimum Gasteiger partial charge on any atom is -0.391 e. The lowest BCUT2D eigenvalue weighted by molar-refractivity contribution is 0.0714. The molecule has 98 valence electrons. The lowest BCUT2D eigenvalue weighted by atomic mass is 9.92. The lowest BCUT2D eigenvalue weighted by Crippen LogP contribution is -2.45. The van der Waals surface area contributed by atoms with Gasteiger partial charge in [0.1, 0.15) is 11.6 Å². The van der Waals surface area contributed by atoms with Gasteiger partial charge in [-0.25, -0.2) is 8.78 Å². The van der Waals surface area contributed by atoms with Crippen LogP contribution >= 0.6 is 0 Å². The zero-order chi connectivity index (χ0) is 13.1. The van der Waals surface area contributed by atoms with E-state index >= 15 is 0 Å². The summed E-state index contributed by atoms with van der Waals surface area (Å²) in [5, 5.41) is 12.3. The molecule has 1 aliphatic rings. The molecule has 0 aliphatic heterocycles. The van der Waals surface area contributed by atoms with Crippen molar-refractivity contribution in [1.82, 2.24) is 5.32 Å². The molecule has 0 radical (unpaired) electrons. The molecule has 1 aliphatic carbocycles. The number of amides is 1. The first-order valence-electron chi connectivity index (χ1n) is 6.02. The summed E-state index contributed by atoms with van der Waals surface area (Å²) in [6.07, 6.45) is 2.50. The second kappa shape index (κ2) is 5.44. The van der Waals surface area contributed by atoms with Crippen molar-refractivity contribution in [1.29, 1.82) is 0 Å². The van der Waals surface area contributed by atoms with Gasteiger partial charge in [0, 0.05) is 0 Å². The highest BCUT2D eigenvalue weighted by Gasteiger charge is 2.25. The third kappa shape index (κ3) is 2.85. The fourth-order valence-corrected chi connectivity index (χ4v) is 2.20. The predicted molar refractivity (Wildman–Crippen MR) is 62.1 cm³/mol. The first-order chi connectivity index (χ1) is 8.58. The number of nitrogens with one attached hydrogen (secondary N) is 1. The monoisotopic (exact) mass is 255 g/mol. The molecule has 1 fully saturated rings. The Morgan fingerprint density at radius 3 is 2.72 bits per heavy atom. The van der Waals surface area contributed by atoms with Crippen molar-refractivity contribution in [3.8, 4) is 0 Å². The SMILES string of the molecule is O=C(NC1CCCCC1O)c1cc(F)ccc1F. The van der Waals surface area contributed by atoms with E-state index < -0.39 is 23.6 Å². The van der Waals surface area contributed by atoms with E-state index in [9.17, 15) is 18.7 Å². The molecule has 1 aromatic carbocycles. The summed E-state index contributed by atoms with van der Waals surface area (Å²) in [7, 11) is 0. The second-order valence-electron chi connectivity index (χ2n) is 4.56. The van der Waals surface area contributed by atoms with Crippen molar-refractivity contribution in [3.05, 3.63) is 35.4 Å². The highest BCUT2D eigenvalue weighted by Crippen LogP contribution is 2.19. The Morgan fingerprint density at radius 1 is 1.28 bits per heavy atom. The van der Waals surface area contributed by atoms with E-state index in [4.69, 9.17) is 0 Å². The highest BCUT2D eigenvalue weighted by molar-refractivity contribution is 5.94. The average Bonchev–Trinajstić information content (AvgIpc) is 2.35. The van der Waals surface area contributed by atoms with Gasteiger partial charge in [0.25, 0.3) is 5.91 Å². The van der Waals surface area contributed by atoms with Gasteiger partial charge in [-0.1, -0.05) is 12.8 Å². The van der Waals surface area contributed by atoms with Crippen molar-refractivity contribution >= 4 is 5.91 Å². The summed E-state index contributed by atoms with van der Waals surface area (Å²) in [6, 6.07) is 2.36. The van der Waals surface area contributed by atoms with Crippen molar-refractivity contribution in [3.63, 3.8) is 0 Å². The molecule has 0 heterocycles. The third-order valence-electron chi connectivity index (χ3n) is 3.22. The zero-order valence-electron chi connectivity index (χ0n) is 9.83. The normalized spacial score (nSPS) is 23.7. The average molecular weight is 255 g/mol. The number of carbonyl (C=O) groups excluding carboxylic acids is 1. The molecule has 5 heteroatoms. The number of halogens is 2. The smallest absolute Gasteiger partial charge is 0.254 e. The second-order valence-corrected chi connectivity index (χ2v) is 4.56. The number of aliphatic hydroxyl groups is 1. The van der Waals surface area contributed by atoms with Crippen molar-refractivity contribution in [2.45, 2.75) is 37.8 Å². The fourth-order valence-electron chi connectivity index (χ4n) is 2.20. The first-order valence-corrected chi connectivity index (χ1v) is 6.02. The topological polar surface area (TPSA) is 49.3 Å². The molecule has 1 aromatic rings. The molecule has 1 amide bonds. The Balaban J connectivity index is 2.09. The van der Waals surface area contributed by atoms with Crippen LogP contribution in [-0.2, 0) is 0 Å². The molecule has 2 atom stereocenters. The van der Waals surface area contributed by atoms with E-state index in [0.29, 0.717) is 12.8 Å². The van der Waals surface area contributed by atoms with E-state index in [2.05, 4.69) is 5.32 Å². The van der Waals surface area contributed by atoms with Crippen LogP contribution in [0.4, 0.5) is 8.78 Å². The zero-order valence-corrected chi connectivity index (χ0v) is 9.83. The lowest BCUT2D eigenvalue weighted by Gasteiger charge is -2.28. The molecule has 0 bridgehead atoms. The van der Waals surface area contributed by atoms with Gasteiger partial charge in [-0.05, 0) is 31.0 Å². The van der Waals surface area contributed by atoms with Crippen LogP contribution in [0.1, 0.15) is 36.0 Å². The molecule has 1 saturated carbocycles. The molecule has 2 rings (SSSR count). The maximum Gasteiger partial charge on any atom is 0.254 e. The molecule has 0 saturated heterocycles. The summed E-state index contributed by atoms with van der Waals surface area (Å²) in [4.78, 5) is 11.8. The molecule has 2 unspecified atom stereocenters. The van der Waals surface area contributed by atoms with Gasteiger partial charge in [0.2, 0.25) is 0 Å². The highest BCUT2D eigenvalue weighted by atomic mass is 19.1. The summed E-state index contributed by atoms with van der Waals surface area (Å²) in [5.41, 5.74) is -0.326. The quantitative estimate of drug-likeness (QED) is 0.849. The minimum atomic E-state index is -0.765. The summed E-state index contributed by atoms with van der Waals surface area (Å²) < 4.78 is 26.3. The molecule has 2 N–H and O–H groups in total. The Morgan fingerprint density at radius 2 is 2.00 bits per heavy atom. The van der Waals surface area contributed by atoms with E-state index in [-0.39, 0.29) is 11.6 Å². The van der Waals surface area contributed by atoms with E-state index in [1.54, 1.807) is 0 Å². The summed E-state index contributed by atoms with van der Waals surface area (Å²) >= 11 is 0. The van der Waals surface area contributed by atoms with Crippen molar-refractivity contribution in [2.24, 2.45) is 0 Å². The number of rotatable bonds is 2. The van der Waals surface area contributed by atoms with Gasteiger partial charge < -0.3 is 10.4 Å².